The summed E-state index contributed by atoms with van der Waals surface area (Å²) in [5, 5.41) is 7.23. The van der Waals surface area contributed by atoms with E-state index in [1.165, 1.54) is 6.07 Å². The molecule has 6 nitrogen and oxygen atoms in total. The van der Waals surface area contributed by atoms with Gasteiger partial charge in [-0.2, -0.15) is 4.98 Å². The predicted octanol–water partition coefficient (Wildman–Crippen LogP) is 3.36. The molecule has 0 saturated carbocycles. The lowest BCUT2D eigenvalue weighted by Gasteiger charge is -2.22. The van der Waals surface area contributed by atoms with Crippen molar-refractivity contribution < 1.29 is 8.91 Å². The first-order chi connectivity index (χ1) is 12.5. The van der Waals surface area contributed by atoms with E-state index in [1.54, 1.807) is 12.1 Å². The summed E-state index contributed by atoms with van der Waals surface area (Å²) in [5.41, 5.74) is 0.908. The van der Waals surface area contributed by atoms with Gasteiger partial charge in [0.25, 0.3) is 0 Å². The van der Waals surface area contributed by atoms with Gasteiger partial charge in [-0.05, 0) is 31.0 Å². The summed E-state index contributed by atoms with van der Waals surface area (Å²) in [6, 6.07) is 6.62. The molecule has 0 amide bonds. The van der Waals surface area contributed by atoms with Gasteiger partial charge in [0, 0.05) is 39.0 Å². The van der Waals surface area contributed by atoms with Crippen molar-refractivity contribution in [2.45, 2.75) is 46.1 Å². The van der Waals surface area contributed by atoms with Gasteiger partial charge in [0.05, 0.1) is 0 Å². The highest BCUT2D eigenvalue weighted by atomic mass is 19.1. The van der Waals surface area contributed by atoms with Crippen molar-refractivity contribution in [2.24, 2.45) is 4.99 Å². The Bertz CT molecular complexity index is 713. The van der Waals surface area contributed by atoms with Crippen molar-refractivity contribution >= 4 is 5.96 Å². The lowest BCUT2D eigenvalue weighted by Crippen LogP contribution is -2.38. The van der Waals surface area contributed by atoms with E-state index in [0.29, 0.717) is 25.4 Å². The number of aryl methyl sites for hydroxylation is 1. The summed E-state index contributed by atoms with van der Waals surface area (Å²) < 4.78 is 18.6. The van der Waals surface area contributed by atoms with E-state index >= 15 is 0 Å². The summed E-state index contributed by atoms with van der Waals surface area (Å²) in [5.74, 6) is 2.24. The van der Waals surface area contributed by atoms with Gasteiger partial charge in [0.1, 0.15) is 5.82 Å². The first kappa shape index (κ1) is 19.9. The number of guanidine groups is 1. The highest BCUT2D eigenvalue weighted by molar-refractivity contribution is 5.79. The lowest BCUT2D eigenvalue weighted by molar-refractivity contribution is 0.369. The van der Waals surface area contributed by atoms with Gasteiger partial charge in [0.2, 0.25) is 5.89 Å². The molecule has 2 aromatic rings. The van der Waals surface area contributed by atoms with Crippen molar-refractivity contribution in [1.29, 1.82) is 0 Å². The first-order valence-corrected chi connectivity index (χ1v) is 9.06. The van der Waals surface area contributed by atoms with Crippen LogP contribution >= 0.6 is 0 Å². The summed E-state index contributed by atoms with van der Waals surface area (Å²) in [4.78, 5) is 11.0. The molecule has 0 aliphatic carbocycles. The molecule has 0 radical (unpaired) electrons. The van der Waals surface area contributed by atoms with Gasteiger partial charge in [-0.3, -0.25) is 4.99 Å². The van der Waals surface area contributed by atoms with Crippen LogP contribution in [-0.2, 0) is 13.0 Å². The molecular formula is C19H28FN5O. The highest BCUT2D eigenvalue weighted by Gasteiger charge is 2.10. The van der Waals surface area contributed by atoms with Crippen molar-refractivity contribution in [1.82, 2.24) is 20.4 Å². The zero-order valence-corrected chi connectivity index (χ0v) is 16.0. The van der Waals surface area contributed by atoms with Crippen LogP contribution in [0.3, 0.4) is 0 Å². The zero-order valence-electron chi connectivity index (χ0n) is 16.0. The monoisotopic (exact) mass is 361 g/mol. The second-order valence-electron chi connectivity index (χ2n) is 6.53. The number of nitrogens with zero attached hydrogens (tertiary/aromatic N) is 4. The first-order valence-electron chi connectivity index (χ1n) is 9.06. The van der Waals surface area contributed by atoms with Gasteiger partial charge in [0.15, 0.2) is 11.8 Å². The summed E-state index contributed by atoms with van der Waals surface area (Å²) in [6.07, 6.45) is 1.53. The highest BCUT2D eigenvalue weighted by Crippen LogP contribution is 2.11. The molecule has 7 heteroatoms. The topological polar surface area (TPSA) is 66.5 Å². The number of aliphatic imine (C=N–C) groups is 1. The van der Waals surface area contributed by atoms with E-state index in [9.17, 15) is 4.39 Å². The van der Waals surface area contributed by atoms with Crippen molar-refractivity contribution in [3.05, 3.63) is 47.4 Å². The maximum atomic E-state index is 13.3. The van der Waals surface area contributed by atoms with Crippen LogP contribution in [0.5, 0.6) is 0 Å². The quantitative estimate of drug-likeness (QED) is 0.444. The third-order valence-corrected chi connectivity index (χ3v) is 3.82. The van der Waals surface area contributed by atoms with Crippen LogP contribution in [0.1, 0.15) is 50.4 Å². The van der Waals surface area contributed by atoms with E-state index in [0.717, 1.165) is 30.3 Å². The Morgan fingerprint density at radius 3 is 2.85 bits per heavy atom. The van der Waals surface area contributed by atoms with E-state index < -0.39 is 0 Å². The van der Waals surface area contributed by atoms with E-state index in [4.69, 9.17) is 4.52 Å². The van der Waals surface area contributed by atoms with E-state index in [2.05, 4.69) is 20.4 Å². The van der Waals surface area contributed by atoms with Gasteiger partial charge in [-0.1, -0.05) is 31.1 Å². The van der Waals surface area contributed by atoms with Crippen molar-refractivity contribution in [3.63, 3.8) is 0 Å². The normalized spacial score (nSPS) is 11.8. The Labute approximate surface area is 154 Å². The Balaban J connectivity index is 1.88. The molecule has 0 aliphatic rings. The molecule has 1 N–H and O–H groups in total. The number of benzene rings is 1. The minimum atomic E-state index is -0.224. The number of hydrogen-bond donors (Lipinski definition) is 1. The Kier molecular flexibility index (Phi) is 7.56. The Morgan fingerprint density at radius 1 is 1.38 bits per heavy atom. The van der Waals surface area contributed by atoms with Crippen LogP contribution in [0.25, 0.3) is 0 Å². The molecule has 142 valence electrons. The number of aromatic nitrogens is 2. The van der Waals surface area contributed by atoms with Crippen molar-refractivity contribution in [3.8, 4) is 0 Å². The average molecular weight is 361 g/mol. The van der Waals surface area contributed by atoms with Crippen LogP contribution < -0.4 is 5.32 Å². The minimum absolute atomic E-state index is 0.224. The molecule has 0 spiro atoms. The molecule has 0 saturated heterocycles. The standard InChI is InChI=1S/C19H28FN5O/c1-5-21-19(25(4)13-15-8-6-9-16(20)12-15)22-11-7-10-17-23-18(14(2)3)24-26-17/h6,8-9,12,14H,5,7,10-11,13H2,1-4H3,(H,21,22). The molecule has 0 fully saturated rings. The van der Waals surface area contributed by atoms with Gasteiger partial charge in [-0.25, -0.2) is 4.39 Å². The van der Waals surface area contributed by atoms with Crippen LogP contribution in [0, 0.1) is 5.82 Å². The summed E-state index contributed by atoms with van der Waals surface area (Å²) in [7, 11) is 1.94. The number of nitrogens with one attached hydrogen (secondary N) is 1. The fourth-order valence-electron chi connectivity index (χ4n) is 2.47. The third-order valence-electron chi connectivity index (χ3n) is 3.82. The third kappa shape index (κ3) is 6.13. The molecule has 0 unspecified atom stereocenters. The smallest absolute Gasteiger partial charge is 0.226 e. The number of hydrogen-bond acceptors (Lipinski definition) is 4. The molecular weight excluding hydrogens is 333 g/mol. The number of rotatable bonds is 8. The molecule has 0 bridgehead atoms. The van der Waals surface area contributed by atoms with E-state index in [1.807, 2.05) is 38.8 Å². The molecule has 26 heavy (non-hydrogen) atoms. The van der Waals surface area contributed by atoms with Gasteiger partial charge in [-0.15, -0.1) is 0 Å². The fourth-order valence-corrected chi connectivity index (χ4v) is 2.47. The summed E-state index contributed by atoms with van der Waals surface area (Å²) >= 11 is 0. The fraction of sp³-hybridized carbons (Fsp3) is 0.526. The second kappa shape index (κ2) is 9.89. The number of halogens is 1. The maximum Gasteiger partial charge on any atom is 0.226 e. The molecule has 0 atom stereocenters. The average Bonchev–Trinajstić information content (AvgIpc) is 3.07. The SMILES string of the molecule is CCNC(=NCCCc1nc(C(C)C)no1)N(C)Cc1cccc(F)c1. The second-order valence-corrected chi connectivity index (χ2v) is 6.53. The van der Waals surface area contributed by atoms with Crippen LogP contribution in [0.2, 0.25) is 0 Å². The van der Waals surface area contributed by atoms with Crippen LogP contribution in [-0.4, -0.2) is 41.1 Å². The van der Waals surface area contributed by atoms with E-state index in [-0.39, 0.29) is 11.7 Å². The molecule has 1 aromatic heterocycles. The minimum Gasteiger partial charge on any atom is -0.357 e. The largest absolute Gasteiger partial charge is 0.357 e. The molecule has 0 aliphatic heterocycles. The zero-order chi connectivity index (χ0) is 18.9. The van der Waals surface area contributed by atoms with Crippen molar-refractivity contribution in [2.75, 3.05) is 20.1 Å². The molecule has 1 heterocycles. The van der Waals surface area contributed by atoms with Crippen LogP contribution in [0.15, 0.2) is 33.8 Å². The lowest BCUT2D eigenvalue weighted by atomic mass is 10.2. The predicted molar refractivity (Wildman–Crippen MR) is 101 cm³/mol. The van der Waals surface area contributed by atoms with Gasteiger partial charge < -0.3 is 14.7 Å². The van der Waals surface area contributed by atoms with Gasteiger partial charge >= 0.3 is 0 Å². The molecule has 1 aromatic carbocycles. The summed E-state index contributed by atoms with van der Waals surface area (Å²) in [6.45, 7) is 8.11. The Hall–Kier alpha value is -2.44. The molecule has 2 rings (SSSR count). The maximum absolute atomic E-state index is 13.3. The van der Waals surface area contributed by atoms with Crippen LogP contribution in [0.4, 0.5) is 4.39 Å². The Morgan fingerprint density at radius 2 is 2.19 bits per heavy atom.